The summed E-state index contributed by atoms with van der Waals surface area (Å²) in [6, 6.07) is 5.71. The highest BCUT2D eigenvalue weighted by atomic mass is 32.3. The van der Waals surface area contributed by atoms with Gasteiger partial charge in [-0.15, -0.1) is 3.89 Å². The standard InChI is InChI=1S/C11H15FO3S/c1-9-4-5-11(10(2)8-9)15-6-3-7-16(12,13)14/h4-5,8H,3,6-7H2,1-2H3. The van der Waals surface area contributed by atoms with E-state index >= 15 is 0 Å². The Bertz CT molecular complexity index is 454. The lowest BCUT2D eigenvalue weighted by Gasteiger charge is -2.08. The van der Waals surface area contributed by atoms with Crippen molar-refractivity contribution in [1.82, 2.24) is 0 Å². The number of hydrogen-bond acceptors (Lipinski definition) is 3. The van der Waals surface area contributed by atoms with Crippen LogP contribution in [0.5, 0.6) is 5.75 Å². The van der Waals surface area contributed by atoms with Gasteiger partial charge >= 0.3 is 10.2 Å². The van der Waals surface area contributed by atoms with E-state index in [2.05, 4.69) is 0 Å². The zero-order valence-electron chi connectivity index (χ0n) is 9.36. The Morgan fingerprint density at radius 3 is 2.56 bits per heavy atom. The highest BCUT2D eigenvalue weighted by Crippen LogP contribution is 2.18. The number of hydrogen-bond donors (Lipinski definition) is 0. The third kappa shape index (κ3) is 4.61. The molecular formula is C11H15FO3S. The van der Waals surface area contributed by atoms with Crippen molar-refractivity contribution >= 4 is 10.2 Å². The Hall–Kier alpha value is -1.10. The van der Waals surface area contributed by atoms with Crippen molar-refractivity contribution in [2.45, 2.75) is 20.3 Å². The third-order valence-electron chi connectivity index (χ3n) is 2.12. The smallest absolute Gasteiger partial charge is 0.302 e. The molecule has 1 rings (SSSR count). The molecule has 0 N–H and O–H groups in total. The van der Waals surface area contributed by atoms with E-state index < -0.39 is 16.0 Å². The average molecular weight is 246 g/mol. The van der Waals surface area contributed by atoms with Crippen LogP contribution in [0.25, 0.3) is 0 Å². The molecule has 0 atom stereocenters. The summed E-state index contributed by atoms with van der Waals surface area (Å²) in [5, 5.41) is 0. The molecule has 3 nitrogen and oxygen atoms in total. The monoisotopic (exact) mass is 246 g/mol. The average Bonchev–Trinajstić information content (AvgIpc) is 2.13. The molecule has 1 aromatic rings. The molecule has 0 saturated heterocycles. The molecule has 0 spiro atoms. The maximum absolute atomic E-state index is 12.2. The number of ether oxygens (including phenoxy) is 1. The molecule has 16 heavy (non-hydrogen) atoms. The second-order valence-corrected chi connectivity index (χ2v) is 5.20. The predicted octanol–water partition coefficient (Wildman–Crippen LogP) is 2.37. The summed E-state index contributed by atoms with van der Waals surface area (Å²) in [6.45, 7) is 4.09. The van der Waals surface area contributed by atoms with E-state index in [4.69, 9.17) is 4.74 Å². The Kier molecular flexibility index (Phi) is 4.29. The van der Waals surface area contributed by atoms with Crippen LogP contribution in [0.2, 0.25) is 0 Å². The van der Waals surface area contributed by atoms with Crippen molar-refractivity contribution < 1.29 is 17.0 Å². The molecule has 1 aromatic carbocycles. The normalized spacial score (nSPS) is 11.4. The van der Waals surface area contributed by atoms with Gasteiger partial charge in [0.05, 0.1) is 12.4 Å². The summed E-state index contributed by atoms with van der Waals surface area (Å²) in [5.41, 5.74) is 2.12. The molecule has 0 aromatic heterocycles. The van der Waals surface area contributed by atoms with E-state index in [1.165, 1.54) is 0 Å². The van der Waals surface area contributed by atoms with Crippen molar-refractivity contribution in [2.75, 3.05) is 12.4 Å². The van der Waals surface area contributed by atoms with Crippen LogP contribution >= 0.6 is 0 Å². The molecule has 0 aliphatic heterocycles. The van der Waals surface area contributed by atoms with E-state index in [9.17, 15) is 12.3 Å². The van der Waals surface area contributed by atoms with Crippen LogP contribution in [-0.2, 0) is 10.2 Å². The number of rotatable bonds is 5. The molecule has 90 valence electrons. The molecule has 5 heteroatoms. The summed E-state index contributed by atoms with van der Waals surface area (Å²) < 4.78 is 38.0. The highest BCUT2D eigenvalue weighted by Gasteiger charge is 2.06. The molecule has 0 aliphatic carbocycles. The van der Waals surface area contributed by atoms with Crippen LogP contribution in [0.4, 0.5) is 3.89 Å². The minimum atomic E-state index is -4.38. The maximum atomic E-state index is 12.2. The van der Waals surface area contributed by atoms with Crippen LogP contribution in [-0.4, -0.2) is 20.8 Å². The topological polar surface area (TPSA) is 43.4 Å². The van der Waals surface area contributed by atoms with Gasteiger partial charge in [-0.25, -0.2) is 0 Å². The number of benzene rings is 1. The number of halogens is 1. The minimum Gasteiger partial charge on any atom is -0.493 e. The zero-order valence-corrected chi connectivity index (χ0v) is 10.2. The van der Waals surface area contributed by atoms with Crippen molar-refractivity contribution in [3.63, 3.8) is 0 Å². The molecule has 0 amide bonds. The van der Waals surface area contributed by atoms with Gasteiger partial charge in [0.15, 0.2) is 0 Å². The molecule has 0 radical (unpaired) electrons. The third-order valence-corrected chi connectivity index (χ3v) is 2.90. The predicted molar refractivity (Wildman–Crippen MR) is 60.9 cm³/mol. The van der Waals surface area contributed by atoms with E-state index in [0.717, 1.165) is 11.1 Å². The van der Waals surface area contributed by atoms with Crippen LogP contribution in [0, 0.1) is 13.8 Å². The zero-order chi connectivity index (χ0) is 12.2. The Morgan fingerprint density at radius 1 is 1.31 bits per heavy atom. The highest BCUT2D eigenvalue weighted by molar-refractivity contribution is 7.86. The second-order valence-electron chi connectivity index (χ2n) is 3.71. The molecule has 0 saturated carbocycles. The van der Waals surface area contributed by atoms with Gasteiger partial charge in [0.1, 0.15) is 5.75 Å². The van der Waals surface area contributed by atoms with Gasteiger partial charge in [-0.2, -0.15) is 8.42 Å². The Balaban J connectivity index is 2.43. The summed E-state index contributed by atoms with van der Waals surface area (Å²) >= 11 is 0. The summed E-state index contributed by atoms with van der Waals surface area (Å²) in [7, 11) is -4.38. The Morgan fingerprint density at radius 2 is 2.00 bits per heavy atom. The lowest BCUT2D eigenvalue weighted by molar-refractivity contribution is 0.315. The molecule has 0 heterocycles. The summed E-state index contributed by atoms with van der Waals surface area (Å²) in [6.07, 6.45) is 0.159. The quantitative estimate of drug-likeness (QED) is 0.591. The fraction of sp³-hybridized carbons (Fsp3) is 0.455. The molecule has 0 aliphatic rings. The SMILES string of the molecule is Cc1ccc(OCCCS(=O)(=O)F)c(C)c1. The first-order valence-corrected chi connectivity index (χ1v) is 6.56. The van der Waals surface area contributed by atoms with Crippen LogP contribution in [0.1, 0.15) is 17.5 Å². The molecule has 0 unspecified atom stereocenters. The van der Waals surface area contributed by atoms with E-state index in [1.54, 1.807) is 0 Å². The largest absolute Gasteiger partial charge is 0.493 e. The van der Waals surface area contributed by atoms with Crippen molar-refractivity contribution in [3.8, 4) is 5.75 Å². The van der Waals surface area contributed by atoms with Gasteiger partial charge in [-0.1, -0.05) is 17.7 Å². The lowest BCUT2D eigenvalue weighted by Crippen LogP contribution is -2.06. The maximum Gasteiger partial charge on any atom is 0.302 e. The Labute approximate surface area is 95.5 Å². The van der Waals surface area contributed by atoms with Crippen LogP contribution < -0.4 is 4.74 Å². The first-order chi connectivity index (χ1) is 7.38. The molecule has 0 bridgehead atoms. The minimum absolute atomic E-state index is 0.159. The van der Waals surface area contributed by atoms with E-state index in [1.807, 2.05) is 32.0 Å². The number of aryl methyl sites for hydroxylation is 2. The summed E-state index contributed by atoms with van der Waals surface area (Å²) in [4.78, 5) is 0. The van der Waals surface area contributed by atoms with E-state index in [0.29, 0.717) is 5.75 Å². The van der Waals surface area contributed by atoms with Crippen LogP contribution in [0.15, 0.2) is 18.2 Å². The van der Waals surface area contributed by atoms with Gasteiger partial charge in [-0.3, -0.25) is 0 Å². The first kappa shape index (κ1) is 13.0. The van der Waals surface area contributed by atoms with Crippen LogP contribution in [0.3, 0.4) is 0 Å². The fourth-order valence-corrected chi connectivity index (χ4v) is 1.84. The van der Waals surface area contributed by atoms with Crippen molar-refractivity contribution in [3.05, 3.63) is 29.3 Å². The van der Waals surface area contributed by atoms with E-state index in [-0.39, 0.29) is 13.0 Å². The van der Waals surface area contributed by atoms with Gasteiger partial charge in [0.25, 0.3) is 0 Å². The molecule has 0 fully saturated rings. The second kappa shape index (κ2) is 5.30. The van der Waals surface area contributed by atoms with Crippen molar-refractivity contribution in [1.29, 1.82) is 0 Å². The lowest BCUT2D eigenvalue weighted by atomic mass is 10.1. The fourth-order valence-electron chi connectivity index (χ4n) is 1.37. The van der Waals surface area contributed by atoms with Gasteiger partial charge in [-0.05, 0) is 31.9 Å². The molecular weight excluding hydrogens is 231 g/mol. The first-order valence-electron chi connectivity index (χ1n) is 5.01. The van der Waals surface area contributed by atoms with Gasteiger partial charge in [0, 0.05) is 0 Å². The van der Waals surface area contributed by atoms with Gasteiger partial charge < -0.3 is 4.74 Å². The van der Waals surface area contributed by atoms with Crippen molar-refractivity contribution in [2.24, 2.45) is 0 Å². The summed E-state index contributed by atoms with van der Waals surface area (Å²) in [5.74, 6) is 0.222. The van der Waals surface area contributed by atoms with Gasteiger partial charge in [0.2, 0.25) is 0 Å².